The fourth-order valence-electron chi connectivity index (χ4n) is 12.5. The third-order valence-electron chi connectivity index (χ3n) is 15.9. The molecule has 4 amide bonds. The van der Waals surface area contributed by atoms with Gasteiger partial charge in [0.25, 0.3) is 23.6 Å². The van der Waals surface area contributed by atoms with Crippen LogP contribution in [-0.4, -0.2) is 35.6 Å². The largest absolute Gasteiger partial charge is 0.457 e. The first kappa shape index (κ1) is 44.8. The minimum atomic E-state index is -0.718. The molecular formula is C68H44N2O6. The van der Waals surface area contributed by atoms with Crippen molar-refractivity contribution in [2.24, 2.45) is 0 Å². The Morgan fingerprint density at radius 3 is 1.05 bits per heavy atom. The van der Waals surface area contributed by atoms with Crippen LogP contribution >= 0.6 is 0 Å². The SMILES string of the molecule is Cc1ccc(C2(c3ccc(N4C(=O)c5ccc(Oc6ccc(C7(c8ccc(Oc9ccc%10c(c9)C(=O)N(C)C%10=O)cc8)c8ccccc8-c8ccccc87)cc6)cc5C4=O)cc3)c3ccccc3-c3ccccc32)cc1. The second-order valence-corrected chi connectivity index (χ2v) is 19.9. The quantitative estimate of drug-likeness (QED) is 0.134. The number of imide groups is 2. The number of hydrogen-bond acceptors (Lipinski definition) is 6. The molecule has 0 unspecified atom stereocenters. The van der Waals surface area contributed by atoms with E-state index in [4.69, 9.17) is 9.47 Å². The predicted octanol–water partition coefficient (Wildman–Crippen LogP) is 14.3. The summed E-state index contributed by atoms with van der Waals surface area (Å²) in [6, 6.07) is 76.7. The first-order valence-electron chi connectivity index (χ1n) is 25.3. The smallest absolute Gasteiger partial charge is 0.266 e. The van der Waals surface area contributed by atoms with E-state index >= 15 is 0 Å². The molecule has 76 heavy (non-hydrogen) atoms. The van der Waals surface area contributed by atoms with Gasteiger partial charge in [0, 0.05) is 7.05 Å². The molecule has 0 bridgehead atoms. The molecule has 0 fully saturated rings. The Morgan fingerprint density at radius 1 is 0.316 bits per heavy atom. The van der Waals surface area contributed by atoms with E-state index in [0.29, 0.717) is 45.4 Å². The molecule has 2 aliphatic heterocycles. The van der Waals surface area contributed by atoms with Gasteiger partial charge in [-0.15, -0.1) is 0 Å². The van der Waals surface area contributed by atoms with Crippen molar-refractivity contribution in [3.63, 3.8) is 0 Å². The number of nitrogens with zero attached hydrogens (tertiary/aromatic N) is 2. The Hall–Kier alpha value is -9.92. The van der Waals surface area contributed by atoms with Crippen molar-refractivity contribution in [1.82, 2.24) is 4.90 Å². The predicted molar refractivity (Wildman–Crippen MR) is 293 cm³/mol. The molecule has 14 rings (SSSR count). The van der Waals surface area contributed by atoms with Gasteiger partial charge in [0.1, 0.15) is 23.0 Å². The van der Waals surface area contributed by atoms with Gasteiger partial charge in [0.05, 0.1) is 38.8 Å². The monoisotopic (exact) mass is 984 g/mol. The molecule has 2 aliphatic carbocycles. The van der Waals surface area contributed by atoms with Gasteiger partial charge < -0.3 is 9.47 Å². The fourth-order valence-corrected chi connectivity index (χ4v) is 12.5. The van der Waals surface area contributed by atoms with Crippen LogP contribution in [0.2, 0.25) is 0 Å². The van der Waals surface area contributed by atoms with E-state index < -0.39 is 16.7 Å². The molecule has 0 radical (unpaired) electrons. The average molecular weight is 985 g/mol. The van der Waals surface area contributed by atoms with Crippen molar-refractivity contribution in [3.8, 4) is 45.3 Å². The molecule has 0 saturated heterocycles. The van der Waals surface area contributed by atoms with Crippen LogP contribution in [0.3, 0.4) is 0 Å². The summed E-state index contributed by atoms with van der Waals surface area (Å²) in [5.74, 6) is 0.534. The Bertz CT molecular complexity index is 4010. The van der Waals surface area contributed by atoms with E-state index in [-0.39, 0.29) is 23.3 Å². The number of rotatable bonds is 9. The van der Waals surface area contributed by atoms with Crippen LogP contribution in [-0.2, 0) is 10.8 Å². The normalized spacial score (nSPS) is 15.0. The standard InChI is InChI=1S/C68H44N2O6/c1-41-19-21-42(22-20-41)67(59-15-7-3-11-51(59)52-12-4-8-16-60(52)67)43-23-29-46(30-24-43)70-65(73)56-38-36-50(40-58(56)66(70)74)76-48-33-27-45(28-34-48)68(61-17-9-5-13-53(61)54-14-6-10-18-62(54)68)44-25-31-47(32-26-44)75-49-35-37-55-57(39-49)64(72)69(2)63(55)71/h3-40H,1-2H3. The number of hydrogen-bond donors (Lipinski definition) is 0. The van der Waals surface area contributed by atoms with Gasteiger partial charge >= 0.3 is 0 Å². The number of fused-ring (bicyclic) bond motifs is 8. The molecule has 10 aromatic rings. The number of amides is 4. The summed E-state index contributed by atoms with van der Waals surface area (Å²) >= 11 is 0. The van der Waals surface area contributed by atoms with Crippen LogP contribution in [0, 0.1) is 6.92 Å². The molecule has 0 saturated carbocycles. The molecule has 8 heteroatoms. The zero-order valence-corrected chi connectivity index (χ0v) is 41.3. The molecular weight excluding hydrogens is 941 g/mol. The van der Waals surface area contributed by atoms with Gasteiger partial charge in [-0.1, -0.05) is 163 Å². The van der Waals surface area contributed by atoms with E-state index in [1.165, 1.54) is 39.8 Å². The first-order valence-corrected chi connectivity index (χ1v) is 25.3. The molecule has 0 aromatic heterocycles. The summed E-state index contributed by atoms with van der Waals surface area (Å²) in [7, 11) is 1.48. The molecule has 0 N–H and O–H groups in total. The third kappa shape index (κ3) is 6.37. The van der Waals surface area contributed by atoms with E-state index in [0.717, 1.165) is 49.4 Å². The summed E-state index contributed by atoms with van der Waals surface area (Å²) in [5.41, 5.74) is 15.1. The molecule has 4 aliphatic rings. The zero-order chi connectivity index (χ0) is 51.5. The number of anilines is 1. The lowest BCUT2D eigenvalue weighted by Gasteiger charge is -2.34. The second-order valence-electron chi connectivity index (χ2n) is 19.9. The highest BCUT2D eigenvalue weighted by Crippen LogP contribution is 2.58. The van der Waals surface area contributed by atoms with Crippen molar-refractivity contribution in [3.05, 3.63) is 303 Å². The Kier molecular flexibility index (Phi) is 9.90. The van der Waals surface area contributed by atoms with E-state index in [1.807, 2.05) is 36.4 Å². The van der Waals surface area contributed by atoms with Gasteiger partial charge in [-0.3, -0.25) is 24.1 Å². The lowest BCUT2D eigenvalue weighted by molar-refractivity contribution is 0.0692. The van der Waals surface area contributed by atoms with Gasteiger partial charge in [-0.05, 0) is 146 Å². The Balaban J connectivity index is 0.759. The highest BCUT2D eigenvalue weighted by molar-refractivity contribution is 6.34. The summed E-state index contributed by atoms with van der Waals surface area (Å²) < 4.78 is 12.8. The number of carbonyl (C=O) groups excluding carboxylic acids is 4. The van der Waals surface area contributed by atoms with Gasteiger partial charge in [-0.25, -0.2) is 4.90 Å². The van der Waals surface area contributed by atoms with Crippen molar-refractivity contribution >= 4 is 29.3 Å². The van der Waals surface area contributed by atoms with Crippen LogP contribution in [0.25, 0.3) is 22.3 Å². The van der Waals surface area contributed by atoms with Gasteiger partial charge in [-0.2, -0.15) is 0 Å². The molecule has 2 heterocycles. The lowest BCUT2D eigenvalue weighted by atomic mass is 9.67. The zero-order valence-electron chi connectivity index (χ0n) is 41.3. The van der Waals surface area contributed by atoms with Crippen molar-refractivity contribution in [2.45, 2.75) is 17.8 Å². The van der Waals surface area contributed by atoms with E-state index in [1.54, 1.807) is 36.4 Å². The van der Waals surface area contributed by atoms with E-state index in [2.05, 4.69) is 165 Å². The molecule has 0 spiro atoms. The van der Waals surface area contributed by atoms with E-state index in [9.17, 15) is 19.2 Å². The fraction of sp³-hybridized carbons (Fsp3) is 0.0588. The molecule has 10 aromatic carbocycles. The summed E-state index contributed by atoms with van der Waals surface area (Å²) in [5, 5.41) is 0. The minimum Gasteiger partial charge on any atom is -0.457 e. The summed E-state index contributed by atoms with van der Waals surface area (Å²) in [6.07, 6.45) is 0. The minimum absolute atomic E-state index is 0.274. The molecule has 8 nitrogen and oxygen atoms in total. The molecule has 362 valence electrons. The Morgan fingerprint density at radius 2 is 0.632 bits per heavy atom. The highest BCUT2D eigenvalue weighted by Gasteiger charge is 2.48. The van der Waals surface area contributed by atoms with Crippen molar-refractivity contribution in [2.75, 3.05) is 11.9 Å². The van der Waals surface area contributed by atoms with Gasteiger partial charge in [0.2, 0.25) is 0 Å². The van der Waals surface area contributed by atoms with Crippen LogP contribution in [0.15, 0.2) is 231 Å². The maximum Gasteiger partial charge on any atom is 0.266 e. The highest BCUT2D eigenvalue weighted by atomic mass is 16.5. The van der Waals surface area contributed by atoms with Crippen LogP contribution < -0.4 is 14.4 Å². The second kappa shape index (κ2) is 16.8. The topological polar surface area (TPSA) is 93.2 Å². The summed E-state index contributed by atoms with van der Waals surface area (Å²) in [6.45, 7) is 2.09. The first-order chi connectivity index (χ1) is 37.1. The number of carbonyl (C=O) groups is 4. The van der Waals surface area contributed by atoms with Crippen molar-refractivity contribution < 1.29 is 28.7 Å². The average Bonchev–Trinajstić information content (AvgIpc) is 4.12. The number of ether oxygens (including phenoxy) is 2. The third-order valence-corrected chi connectivity index (χ3v) is 15.9. The maximum atomic E-state index is 14.4. The summed E-state index contributed by atoms with van der Waals surface area (Å²) in [4.78, 5) is 56.2. The Labute approximate surface area is 438 Å². The van der Waals surface area contributed by atoms with Gasteiger partial charge in [0.15, 0.2) is 0 Å². The van der Waals surface area contributed by atoms with Crippen LogP contribution in [0.1, 0.15) is 91.5 Å². The number of aryl methyl sites for hydroxylation is 1. The maximum absolute atomic E-state index is 14.4. The molecule has 0 atom stereocenters. The van der Waals surface area contributed by atoms with Crippen LogP contribution in [0.5, 0.6) is 23.0 Å². The van der Waals surface area contributed by atoms with Crippen molar-refractivity contribution in [1.29, 1.82) is 0 Å². The number of benzene rings is 10. The lowest BCUT2D eigenvalue weighted by Crippen LogP contribution is -2.30. The van der Waals surface area contributed by atoms with Crippen LogP contribution in [0.4, 0.5) is 5.69 Å².